The first-order chi connectivity index (χ1) is 14.6. The minimum Gasteiger partial charge on any atom is -0.460 e. The van der Waals surface area contributed by atoms with Gasteiger partial charge in [-0.1, -0.05) is 54.1 Å². The van der Waals surface area contributed by atoms with Crippen molar-refractivity contribution in [1.82, 2.24) is 0 Å². The number of carbonyl (C=O) groups is 1. The van der Waals surface area contributed by atoms with Crippen LogP contribution in [0.15, 0.2) is 94.3 Å². The third kappa shape index (κ3) is 4.42. The maximum absolute atomic E-state index is 12.7. The Hall–Kier alpha value is -3.83. The standard InChI is InChI=1S/C24H15ClO5/c25-19-8-4-5-9-20(19)30-22-15-28-21-14-17(11-12-18(21)24(22)27)29-23(26)13-10-16-6-2-1-3-7-16/h1-15H. The molecule has 30 heavy (non-hydrogen) atoms. The molecule has 0 unspecified atom stereocenters. The number of esters is 1. The molecule has 0 amide bonds. The van der Waals surface area contributed by atoms with Crippen molar-refractivity contribution in [3.05, 3.63) is 106 Å². The number of benzene rings is 3. The topological polar surface area (TPSA) is 65.7 Å². The van der Waals surface area contributed by atoms with Gasteiger partial charge in [0.25, 0.3) is 0 Å². The lowest BCUT2D eigenvalue weighted by molar-refractivity contribution is -0.128. The van der Waals surface area contributed by atoms with Crippen molar-refractivity contribution in [2.24, 2.45) is 0 Å². The summed E-state index contributed by atoms with van der Waals surface area (Å²) in [6.07, 6.45) is 4.19. The van der Waals surface area contributed by atoms with E-state index in [9.17, 15) is 9.59 Å². The number of hydrogen-bond donors (Lipinski definition) is 0. The number of para-hydroxylation sites is 1. The van der Waals surface area contributed by atoms with Gasteiger partial charge in [-0.3, -0.25) is 4.79 Å². The van der Waals surface area contributed by atoms with Gasteiger partial charge in [0.05, 0.1) is 10.4 Å². The molecule has 0 saturated heterocycles. The van der Waals surface area contributed by atoms with E-state index in [1.807, 2.05) is 30.3 Å². The number of rotatable bonds is 5. The van der Waals surface area contributed by atoms with E-state index >= 15 is 0 Å². The minimum absolute atomic E-state index is 0.00568. The fourth-order valence-corrected chi connectivity index (χ4v) is 2.92. The van der Waals surface area contributed by atoms with Crippen LogP contribution in [0.2, 0.25) is 5.02 Å². The molecule has 0 radical (unpaired) electrons. The van der Waals surface area contributed by atoms with Gasteiger partial charge in [-0.2, -0.15) is 0 Å². The van der Waals surface area contributed by atoms with Gasteiger partial charge in [0.15, 0.2) is 0 Å². The van der Waals surface area contributed by atoms with Crippen LogP contribution >= 0.6 is 11.6 Å². The lowest BCUT2D eigenvalue weighted by atomic mass is 10.2. The maximum atomic E-state index is 12.7. The van der Waals surface area contributed by atoms with Crippen molar-refractivity contribution in [3.63, 3.8) is 0 Å². The molecule has 4 rings (SSSR count). The van der Waals surface area contributed by atoms with Crippen molar-refractivity contribution >= 4 is 34.6 Å². The van der Waals surface area contributed by atoms with Crippen molar-refractivity contribution < 1.29 is 18.7 Å². The summed E-state index contributed by atoms with van der Waals surface area (Å²) in [5.41, 5.74) is 0.784. The highest BCUT2D eigenvalue weighted by Gasteiger charge is 2.12. The van der Waals surface area contributed by atoms with Gasteiger partial charge in [-0.25, -0.2) is 4.79 Å². The Labute approximate surface area is 176 Å². The molecule has 5 nitrogen and oxygen atoms in total. The highest BCUT2D eigenvalue weighted by molar-refractivity contribution is 6.32. The molecule has 6 heteroatoms. The first kappa shape index (κ1) is 19.5. The largest absolute Gasteiger partial charge is 0.460 e. The molecule has 0 atom stereocenters. The molecule has 0 aliphatic carbocycles. The van der Waals surface area contributed by atoms with Gasteiger partial charge < -0.3 is 13.9 Å². The molecule has 3 aromatic carbocycles. The molecule has 1 aromatic heterocycles. The zero-order chi connectivity index (χ0) is 20.9. The second-order valence-corrected chi connectivity index (χ2v) is 6.69. The predicted molar refractivity (Wildman–Crippen MR) is 115 cm³/mol. The summed E-state index contributed by atoms with van der Waals surface area (Å²) >= 11 is 6.07. The molecule has 0 aliphatic rings. The van der Waals surface area contributed by atoms with E-state index in [0.717, 1.165) is 5.56 Å². The summed E-state index contributed by atoms with van der Waals surface area (Å²) in [5.74, 6) is 0.0695. The number of carbonyl (C=O) groups excluding carboxylic acids is 1. The Balaban J connectivity index is 1.53. The third-order valence-corrected chi connectivity index (χ3v) is 4.51. The molecule has 0 N–H and O–H groups in total. The number of hydrogen-bond acceptors (Lipinski definition) is 5. The van der Waals surface area contributed by atoms with E-state index < -0.39 is 5.97 Å². The van der Waals surface area contributed by atoms with E-state index in [4.69, 9.17) is 25.5 Å². The van der Waals surface area contributed by atoms with Gasteiger partial charge in [0.2, 0.25) is 11.2 Å². The van der Waals surface area contributed by atoms with Crippen LogP contribution < -0.4 is 14.9 Å². The quantitative estimate of drug-likeness (QED) is 0.231. The smallest absolute Gasteiger partial charge is 0.336 e. The van der Waals surface area contributed by atoms with Gasteiger partial charge in [-0.05, 0) is 35.9 Å². The van der Waals surface area contributed by atoms with Crippen molar-refractivity contribution in [2.45, 2.75) is 0 Å². The second kappa shape index (κ2) is 8.68. The van der Waals surface area contributed by atoms with Crippen LogP contribution in [0, 0.1) is 0 Å². The zero-order valence-electron chi connectivity index (χ0n) is 15.6. The molecule has 148 valence electrons. The van der Waals surface area contributed by atoms with E-state index in [0.29, 0.717) is 16.2 Å². The first-order valence-electron chi connectivity index (χ1n) is 9.03. The Morgan fingerprint density at radius 1 is 0.933 bits per heavy atom. The molecule has 0 bridgehead atoms. The Kier molecular flexibility index (Phi) is 5.63. The third-order valence-electron chi connectivity index (χ3n) is 4.20. The minimum atomic E-state index is -0.542. The normalized spacial score (nSPS) is 11.0. The van der Waals surface area contributed by atoms with Crippen LogP contribution in [0.3, 0.4) is 0 Å². The molecule has 0 saturated carbocycles. The van der Waals surface area contributed by atoms with Crippen LogP contribution in [0.25, 0.3) is 17.0 Å². The number of fused-ring (bicyclic) bond motifs is 1. The van der Waals surface area contributed by atoms with Crippen LogP contribution in [0.5, 0.6) is 17.2 Å². The summed E-state index contributed by atoms with van der Waals surface area (Å²) in [6.45, 7) is 0. The lowest BCUT2D eigenvalue weighted by Crippen LogP contribution is -2.06. The average Bonchev–Trinajstić information content (AvgIpc) is 2.76. The summed E-state index contributed by atoms with van der Waals surface area (Å²) < 4.78 is 16.4. The van der Waals surface area contributed by atoms with Crippen LogP contribution in [-0.4, -0.2) is 5.97 Å². The molecule has 0 fully saturated rings. The molecule has 1 heterocycles. The van der Waals surface area contributed by atoms with Crippen LogP contribution in [0.4, 0.5) is 0 Å². The van der Waals surface area contributed by atoms with Gasteiger partial charge >= 0.3 is 5.97 Å². The number of ether oxygens (including phenoxy) is 2. The first-order valence-corrected chi connectivity index (χ1v) is 9.41. The zero-order valence-corrected chi connectivity index (χ0v) is 16.3. The highest BCUT2D eigenvalue weighted by atomic mass is 35.5. The van der Waals surface area contributed by atoms with Crippen LogP contribution in [-0.2, 0) is 4.79 Å². The Morgan fingerprint density at radius 2 is 1.70 bits per heavy atom. The SMILES string of the molecule is O=C(C=Cc1ccccc1)Oc1ccc2c(=O)c(Oc3ccccc3Cl)coc2c1. The molecular weight excluding hydrogens is 404 g/mol. The van der Waals surface area contributed by atoms with Crippen molar-refractivity contribution in [3.8, 4) is 17.2 Å². The van der Waals surface area contributed by atoms with E-state index in [1.54, 1.807) is 30.3 Å². The van der Waals surface area contributed by atoms with Crippen molar-refractivity contribution in [1.29, 1.82) is 0 Å². The highest BCUT2D eigenvalue weighted by Crippen LogP contribution is 2.29. The van der Waals surface area contributed by atoms with E-state index in [1.165, 1.54) is 30.5 Å². The maximum Gasteiger partial charge on any atom is 0.336 e. The molecular formula is C24H15ClO5. The van der Waals surface area contributed by atoms with Crippen LogP contribution in [0.1, 0.15) is 5.56 Å². The summed E-state index contributed by atoms with van der Waals surface area (Å²) in [4.78, 5) is 24.7. The summed E-state index contributed by atoms with van der Waals surface area (Å²) in [5, 5.41) is 0.669. The van der Waals surface area contributed by atoms with Gasteiger partial charge in [-0.15, -0.1) is 0 Å². The Morgan fingerprint density at radius 3 is 2.50 bits per heavy atom. The average molecular weight is 419 g/mol. The monoisotopic (exact) mass is 418 g/mol. The fourth-order valence-electron chi connectivity index (χ4n) is 2.75. The molecule has 4 aromatic rings. The van der Waals surface area contributed by atoms with Crippen molar-refractivity contribution in [2.75, 3.05) is 0 Å². The van der Waals surface area contributed by atoms with Gasteiger partial charge in [0.1, 0.15) is 23.3 Å². The Bertz CT molecular complexity index is 1290. The van der Waals surface area contributed by atoms with Gasteiger partial charge in [0, 0.05) is 12.1 Å². The molecule has 0 spiro atoms. The lowest BCUT2D eigenvalue weighted by Gasteiger charge is -2.07. The summed E-state index contributed by atoms with van der Waals surface area (Å²) in [6, 6.07) is 20.7. The predicted octanol–water partition coefficient (Wildman–Crippen LogP) is 5.86. The second-order valence-electron chi connectivity index (χ2n) is 6.28. The summed E-state index contributed by atoms with van der Waals surface area (Å²) in [7, 11) is 0. The fraction of sp³-hybridized carbons (Fsp3) is 0. The van der Waals surface area contributed by atoms with E-state index in [2.05, 4.69) is 0 Å². The van der Waals surface area contributed by atoms with E-state index in [-0.39, 0.29) is 22.5 Å². The molecule has 0 aliphatic heterocycles. The number of halogens is 1.